The zero-order chi connectivity index (χ0) is 13.0. The third kappa shape index (κ3) is 2.79. The van der Waals surface area contributed by atoms with Gasteiger partial charge in [-0.25, -0.2) is 4.98 Å². The average molecular weight is 248 g/mol. The molecule has 0 aromatic carbocycles. The van der Waals surface area contributed by atoms with E-state index in [0.29, 0.717) is 18.4 Å². The quantitative estimate of drug-likeness (QED) is 0.821. The van der Waals surface area contributed by atoms with Crippen molar-refractivity contribution >= 4 is 11.2 Å². The molecule has 0 bridgehead atoms. The van der Waals surface area contributed by atoms with Gasteiger partial charge < -0.3 is 15.5 Å². The Balaban J connectivity index is 2.21. The SMILES string of the molecule is CCOc1ccc2[nH]c(C(C)CCCN)nc2n1. The molecule has 0 amide bonds. The molecule has 2 rings (SSSR count). The molecule has 5 heteroatoms. The predicted octanol–water partition coefficient (Wildman–Crippen LogP) is 2.20. The molecule has 1 unspecified atom stereocenters. The van der Waals surface area contributed by atoms with Crippen molar-refractivity contribution < 1.29 is 4.74 Å². The third-order valence-electron chi connectivity index (χ3n) is 2.94. The maximum absolute atomic E-state index is 5.52. The molecule has 18 heavy (non-hydrogen) atoms. The summed E-state index contributed by atoms with van der Waals surface area (Å²) in [6.07, 6.45) is 2.05. The molecule has 0 aliphatic heterocycles. The second-order valence-corrected chi connectivity index (χ2v) is 4.41. The Morgan fingerprint density at radius 1 is 1.39 bits per heavy atom. The van der Waals surface area contributed by atoms with E-state index in [1.54, 1.807) is 0 Å². The molecular formula is C13H20N4O. The number of pyridine rings is 1. The lowest BCUT2D eigenvalue weighted by Gasteiger charge is -2.05. The summed E-state index contributed by atoms with van der Waals surface area (Å²) in [6.45, 7) is 5.42. The molecule has 98 valence electrons. The van der Waals surface area contributed by atoms with Crippen LogP contribution in [0.5, 0.6) is 5.88 Å². The van der Waals surface area contributed by atoms with Crippen LogP contribution < -0.4 is 10.5 Å². The van der Waals surface area contributed by atoms with Gasteiger partial charge in [0.2, 0.25) is 5.88 Å². The van der Waals surface area contributed by atoms with Crippen LogP contribution in [0, 0.1) is 0 Å². The zero-order valence-electron chi connectivity index (χ0n) is 10.9. The van der Waals surface area contributed by atoms with Crippen LogP contribution >= 0.6 is 0 Å². The first-order valence-electron chi connectivity index (χ1n) is 6.44. The Hall–Kier alpha value is -1.62. The van der Waals surface area contributed by atoms with Crippen molar-refractivity contribution in [1.29, 1.82) is 0 Å². The van der Waals surface area contributed by atoms with E-state index in [2.05, 4.69) is 21.9 Å². The predicted molar refractivity (Wildman–Crippen MR) is 71.8 cm³/mol. The molecule has 0 spiro atoms. The highest BCUT2D eigenvalue weighted by Gasteiger charge is 2.11. The van der Waals surface area contributed by atoms with Crippen LogP contribution in [0.1, 0.15) is 38.4 Å². The lowest BCUT2D eigenvalue weighted by atomic mass is 10.1. The highest BCUT2D eigenvalue weighted by atomic mass is 16.5. The minimum atomic E-state index is 0.373. The van der Waals surface area contributed by atoms with E-state index in [1.807, 2.05) is 19.1 Å². The summed E-state index contributed by atoms with van der Waals surface area (Å²) in [5.74, 6) is 1.97. The normalized spacial score (nSPS) is 12.8. The minimum absolute atomic E-state index is 0.373. The highest BCUT2D eigenvalue weighted by molar-refractivity contribution is 5.71. The topological polar surface area (TPSA) is 76.8 Å². The molecule has 0 radical (unpaired) electrons. The van der Waals surface area contributed by atoms with Gasteiger partial charge in [-0.3, -0.25) is 0 Å². The Morgan fingerprint density at radius 3 is 2.94 bits per heavy atom. The molecule has 2 aromatic heterocycles. The van der Waals surface area contributed by atoms with Gasteiger partial charge in [-0.1, -0.05) is 6.92 Å². The van der Waals surface area contributed by atoms with E-state index in [4.69, 9.17) is 10.5 Å². The van der Waals surface area contributed by atoms with Gasteiger partial charge in [0.05, 0.1) is 12.1 Å². The number of nitrogens with two attached hydrogens (primary N) is 1. The number of fused-ring (bicyclic) bond motifs is 1. The summed E-state index contributed by atoms with van der Waals surface area (Å²) < 4.78 is 5.37. The largest absolute Gasteiger partial charge is 0.478 e. The first-order valence-corrected chi connectivity index (χ1v) is 6.44. The van der Waals surface area contributed by atoms with Gasteiger partial charge in [0.15, 0.2) is 5.65 Å². The molecule has 2 aromatic rings. The second kappa shape index (κ2) is 5.82. The lowest BCUT2D eigenvalue weighted by molar-refractivity contribution is 0.328. The monoisotopic (exact) mass is 248 g/mol. The molecule has 0 saturated carbocycles. The average Bonchev–Trinajstić information content (AvgIpc) is 2.79. The number of hydrogen-bond donors (Lipinski definition) is 2. The summed E-state index contributed by atoms with van der Waals surface area (Å²) in [7, 11) is 0. The Morgan fingerprint density at radius 2 is 2.22 bits per heavy atom. The number of imidazole rings is 1. The summed E-state index contributed by atoms with van der Waals surface area (Å²) in [6, 6.07) is 3.82. The number of aromatic amines is 1. The molecule has 0 aliphatic carbocycles. The third-order valence-corrected chi connectivity index (χ3v) is 2.94. The minimum Gasteiger partial charge on any atom is -0.478 e. The highest BCUT2D eigenvalue weighted by Crippen LogP contribution is 2.21. The number of ether oxygens (including phenoxy) is 1. The van der Waals surface area contributed by atoms with Crippen LogP contribution in [0.15, 0.2) is 12.1 Å². The van der Waals surface area contributed by atoms with E-state index >= 15 is 0 Å². The fourth-order valence-corrected chi connectivity index (χ4v) is 1.92. The maximum Gasteiger partial charge on any atom is 0.215 e. The Kier molecular flexibility index (Phi) is 4.15. The number of H-pyrrole nitrogens is 1. The van der Waals surface area contributed by atoms with Crippen molar-refractivity contribution in [1.82, 2.24) is 15.0 Å². The molecule has 0 aliphatic rings. The Labute approximate surface area is 107 Å². The number of nitrogens with one attached hydrogen (secondary N) is 1. The number of nitrogens with zero attached hydrogens (tertiary/aromatic N) is 2. The maximum atomic E-state index is 5.52. The standard InChI is InChI=1S/C13H20N4O/c1-3-18-11-7-6-10-13(16-11)17-12(15-10)9(2)5-4-8-14/h6-7,9H,3-5,8,14H2,1-2H3,(H,15,16,17). The van der Waals surface area contributed by atoms with Gasteiger partial charge >= 0.3 is 0 Å². The summed E-state index contributed by atoms with van der Waals surface area (Å²) in [4.78, 5) is 12.2. The fraction of sp³-hybridized carbons (Fsp3) is 0.538. The van der Waals surface area contributed by atoms with Crippen LogP contribution in [-0.4, -0.2) is 28.1 Å². The van der Waals surface area contributed by atoms with Crippen LogP contribution in [0.4, 0.5) is 0 Å². The van der Waals surface area contributed by atoms with E-state index in [-0.39, 0.29) is 0 Å². The number of hydrogen-bond acceptors (Lipinski definition) is 4. The van der Waals surface area contributed by atoms with Crippen LogP contribution in [0.2, 0.25) is 0 Å². The molecule has 5 nitrogen and oxygen atoms in total. The lowest BCUT2D eigenvalue weighted by Crippen LogP contribution is -2.03. The first-order chi connectivity index (χ1) is 8.74. The van der Waals surface area contributed by atoms with Crippen molar-refractivity contribution in [3.63, 3.8) is 0 Å². The van der Waals surface area contributed by atoms with E-state index in [9.17, 15) is 0 Å². The number of aromatic nitrogens is 3. The van der Waals surface area contributed by atoms with Crippen molar-refractivity contribution in [3.05, 3.63) is 18.0 Å². The molecule has 0 fully saturated rings. The molecular weight excluding hydrogens is 228 g/mol. The summed E-state index contributed by atoms with van der Waals surface area (Å²) >= 11 is 0. The second-order valence-electron chi connectivity index (χ2n) is 4.41. The molecule has 1 atom stereocenters. The molecule has 3 N–H and O–H groups in total. The van der Waals surface area contributed by atoms with Crippen LogP contribution in [0.3, 0.4) is 0 Å². The van der Waals surface area contributed by atoms with Gasteiger partial charge in [0, 0.05) is 12.0 Å². The summed E-state index contributed by atoms with van der Waals surface area (Å²) in [5.41, 5.74) is 7.19. The first kappa shape index (κ1) is 12.8. The van der Waals surface area contributed by atoms with Gasteiger partial charge in [-0.2, -0.15) is 4.98 Å². The van der Waals surface area contributed by atoms with E-state index < -0.39 is 0 Å². The number of rotatable bonds is 6. The van der Waals surface area contributed by atoms with Gasteiger partial charge in [-0.15, -0.1) is 0 Å². The van der Waals surface area contributed by atoms with Crippen molar-refractivity contribution in [2.75, 3.05) is 13.2 Å². The Bertz CT molecular complexity index is 509. The fourth-order valence-electron chi connectivity index (χ4n) is 1.92. The molecule has 2 heterocycles. The van der Waals surface area contributed by atoms with Crippen LogP contribution in [-0.2, 0) is 0 Å². The van der Waals surface area contributed by atoms with Gasteiger partial charge in [0.1, 0.15) is 5.82 Å². The van der Waals surface area contributed by atoms with E-state index in [0.717, 1.165) is 36.4 Å². The smallest absolute Gasteiger partial charge is 0.215 e. The van der Waals surface area contributed by atoms with Crippen molar-refractivity contribution in [2.24, 2.45) is 5.73 Å². The van der Waals surface area contributed by atoms with Crippen molar-refractivity contribution in [2.45, 2.75) is 32.6 Å². The zero-order valence-corrected chi connectivity index (χ0v) is 10.9. The van der Waals surface area contributed by atoms with Crippen molar-refractivity contribution in [3.8, 4) is 5.88 Å². The van der Waals surface area contributed by atoms with Gasteiger partial charge in [-0.05, 0) is 32.4 Å². The summed E-state index contributed by atoms with van der Waals surface area (Å²) in [5, 5.41) is 0. The van der Waals surface area contributed by atoms with Gasteiger partial charge in [0.25, 0.3) is 0 Å². The molecule has 0 saturated heterocycles. The van der Waals surface area contributed by atoms with Crippen LogP contribution in [0.25, 0.3) is 11.2 Å². The van der Waals surface area contributed by atoms with E-state index in [1.165, 1.54) is 0 Å².